The van der Waals surface area contributed by atoms with Gasteiger partial charge < -0.3 is 14.8 Å². The lowest BCUT2D eigenvalue weighted by Gasteiger charge is -2.10. The molecule has 2 N–H and O–H groups in total. The Hall–Kier alpha value is -2.76. The van der Waals surface area contributed by atoms with Crippen molar-refractivity contribution in [2.75, 3.05) is 36.4 Å². The molecule has 0 saturated carbocycles. The van der Waals surface area contributed by atoms with Crippen LogP contribution in [0.4, 0.5) is 10.8 Å². The predicted octanol–water partition coefficient (Wildman–Crippen LogP) is 4.16. The van der Waals surface area contributed by atoms with Gasteiger partial charge in [-0.05, 0) is 17.7 Å². The summed E-state index contributed by atoms with van der Waals surface area (Å²) >= 11 is 4.01. The molecule has 3 rings (SSSR count). The highest BCUT2D eigenvalue weighted by Crippen LogP contribution is 2.30. The van der Waals surface area contributed by atoms with Gasteiger partial charge >= 0.3 is 0 Å². The number of nitrogens with zero attached hydrogens (tertiary/aromatic N) is 2. The first kappa shape index (κ1) is 23.9. The Morgan fingerprint density at radius 3 is 2.44 bits per heavy atom. The van der Waals surface area contributed by atoms with Crippen LogP contribution in [0.5, 0.6) is 11.5 Å². The van der Waals surface area contributed by atoms with Crippen molar-refractivity contribution in [1.82, 2.24) is 10.2 Å². The van der Waals surface area contributed by atoms with Crippen LogP contribution in [0.1, 0.15) is 5.56 Å². The van der Waals surface area contributed by atoms with E-state index < -0.39 is 0 Å². The number of aromatic nitrogens is 2. The van der Waals surface area contributed by atoms with Gasteiger partial charge in [-0.2, -0.15) is 0 Å². The van der Waals surface area contributed by atoms with E-state index in [1.807, 2.05) is 30.3 Å². The lowest BCUT2D eigenvalue weighted by atomic mass is 10.2. The Morgan fingerprint density at radius 2 is 1.69 bits per heavy atom. The van der Waals surface area contributed by atoms with Crippen LogP contribution in [-0.2, 0) is 15.3 Å². The molecule has 2 aromatic carbocycles. The SMILES string of the molecule is COc1ccc(NC(=O)CSc2nnc(NC(=O)CSCc3ccccc3)s2)cc1OC. The highest BCUT2D eigenvalue weighted by Gasteiger charge is 2.12. The molecule has 0 bridgehead atoms. The molecule has 1 heterocycles. The molecule has 0 unspecified atom stereocenters. The number of anilines is 2. The first-order chi connectivity index (χ1) is 15.6. The van der Waals surface area contributed by atoms with Gasteiger partial charge in [0.2, 0.25) is 16.9 Å². The van der Waals surface area contributed by atoms with E-state index in [1.165, 1.54) is 47.5 Å². The van der Waals surface area contributed by atoms with Crippen LogP contribution < -0.4 is 20.1 Å². The Labute approximate surface area is 198 Å². The van der Waals surface area contributed by atoms with Gasteiger partial charge in [-0.3, -0.25) is 14.9 Å². The second kappa shape index (κ2) is 12.3. The predicted molar refractivity (Wildman–Crippen MR) is 130 cm³/mol. The van der Waals surface area contributed by atoms with Crippen molar-refractivity contribution in [3.05, 3.63) is 54.1 Å². The Kier molecular flexibility index (Phi) is 9.20. The molecule has 8 nitrogen and oxygen atoms in total. The maximum Gasteiger partial charge on any atom is 0.236 e. The van der Waals surface area contributed by atoms with Gasteiger partial charge in [0.15, 0.2) is 15.8 Å². The summed E-state index contributed by atoms with van der Waals surface area (Å²) in [7, 11) is 3.09. The largest absolute Gasteiger partial charge is 0.493 e. The summed E-state index contributed by atoms with van der Waals surface area (Å²) in [5.41, 5.74) is 1.78. The van der Waals surface area contributed by atoms with E-state index in [9.17, 15) is 9.59 Å². The maximum absolute atomic E-state index is 12.2. The minimum atomic E-state index is -0.194. The molecule has 32 heavy (non-hydrogen) atoms. The molecule has 2 amide bonds. The molecule has 0 atom stereocenters. The van der Waals surface area contributed by atoms with E-state index in [2.05, 4.69) is 20.8 Å². The second-order valence-corrected chi connectivity index (χ2v) is 9.49. The third-order valence-corrected chi connectivity index (χ3v) is 6.97. The smallest absolute Gasteiger partial charge is 0.236 e. The molecular weight excluding hydrogens is 468 g/mol. The van der Waals surface area contributed by atoms with E-state index in [4.69, 9.17) is 9.47 Å². The van der Waals surface area contributed by atoms with Crippen molar-refractivity contribution >= 4 is 57.5 Å². The van der Waals surface area contributed by atoms with Gasteiger partial charge in [-0.1, -0.05) is 53.4 Å². The Balaban J connectivity index is 1.40. The summed E-state index contributed by atoms with van der Waals surface area (Å²) in [6.45, 7) is 0. The fourth-order valence-electron chi connectivity index (χ4n) is 2.55. The van der Waals surface area contributed by atoms with Gasteiger partial charge in [-0.15, -0.1) is 22.0 Å². The maximum atomic E-state index is 12.2. The molecule has 11 heteroatoms. The number of nitrogens with one attached hydrogen (secondary N) is 2. The fourth-order valence-corrected chi connectivity index (χ4v) is 4.90. The van der Waals surface area contributed by atoms with Crippen LogP contribution in [0.3, 0.4) is 0 Å². The molecule has 0 aliphatic heterocycles. The summed E-state index contributed by atoms with van der Waals surface area (Å²) in [4.78, 5) is 24.3. The third-order valence-electron chi connectivity index (χ3n) is 3.99. The lowest BCUT2D eigenvalue weighted by molar-refractivity contribution is -0.114. The zero-order chi connectivity index (χ0) is 22.8. The number of hydrogen-bond acceptors (Lipinski definition) is 9. The summed E-state index contributed by atoms with van der Waals surface area (Å²) in [5, 5.41) is 14.0. The Morgan fingerprint density at radius 1 is 0.938 bits per heavy atom. The van der Waals surface area contributed by atoms with E-state index in [-0.39, 0.29) is 17.6 Å². The first-order valence-corrected chi connectivity index (χ1v) is 12.4. The summed E-state index contributed by atoms with van der Waals surface area (Å²) in [5.74, 6) is 2.03. The number of thioether (sulfide) groups is 2. The molecular formula is C21H22N4O4S3. The van der Waals surface area contributed by atoms with Crippen molar-refractivity contribution in [3.63, 3.8) is 0 Å². The zero-order valence-corrected chi connectivity index (χ0v) is 19.9. The normalized spacial score (nSPS) is 10.4. The van der Waals surface area contributed by atoms with E-state index in [1.54, 1.807) is 25.3 Å². The van der Waals surface area contributed by atoms with Crippen LogP contribution in [-0.4, -0.2) is 47.7 Å². The second-order valence-electron chi connectivity index (χ2n) is 6.31. The zero-order valence-electron chi connectivity index (χ0n) is 17.5. The Bertz CT molecular complexity index is 1050. The number of hydrogen-bond donors (Lipinski definition) is 2. The van der Waals surface area contributed by atoms with Gasteiger partial charge in [0.1, 0.15) is 0 Å². The van der Waals surface area contributed by atoms with E-state index in [0.717, 1.165) is 5.75 Å². The third kappa shape index (κ3) is 7.43. The number of carbonyl (C=O) groups excluding carboxylic acids is 2. The van der Waals surface area contributed by atoms with Gasteiger partial charge in [0.05, 0.1) is 25.7 Å². The van der Waals surface area contributed by atoms with Crippen molar-refractivity contribution in [1.29, 1.82) is 0 Å². The molecule has 168 valence electrons. The van der Waals surface area contributed by atoms with Crippen LogP contribution in [0, 0.1) is 0 Å². The first-order valence-electron chi connectivity index (χ1n) is 9.47. The molecule has 0 fully saturated rings. The highest BCUT2D eigenvalue weighted by atomic mass is 32.2. The molecule has 0 aliphatic rings. The fraction of sp³-hybridized carbons (Fsp3) is 0.238. The summed E-state index contributed by atoms with van der Waals surface area (Å²) < 4.78 is 11.0. The van der Waals surface area contributed by atoms with Crippen LogP contribution >= 0.6 is 34.9 Å². The number of rotatable bonds is 11. The molecule has 0 spiro atoms. The van der Waals surface area contributed by atoms with Gasteiger partial charge in [0.25, 0.3) is 0 Å². The molecule has 0 radical (unpaired) electrons. The monoisotopic (exact) mass is 490 g/mol. The van der Waals surface area contributed by atoms with Gasteiger partial charge in [0, 0.05) is 17.5 Å². The number of amides is 2. The van der Waals surface area contributed by atoms with Crippen LogP contribution in [0.15, 0.2) is 52.9 Å². The molecule has 0 aliphatic carbocycles. The quantitative estimate of drug-likeness (QED) is 0.305. The summed E-state index contributed by atoms with van der Waals surface area (Å²) in [6, 6.07) is 15.1. The van der Waals surface area contributed by atoms with Crippen molar-refractivity contribution < 1.29 is 19.1 Å². The average molecular weight is 491 g/mol. The average Bonchev–Trinajstić information content (AvgIpc) is 3.25. The number of methoxy groups -OCH3 is 2. The topological polar surface area (TPSA) is 102 Å². The van der Waals surface area contributed by atoms with Crippen LogP contribution in [0.25, 0.3) is 0 Å². The van der Waals surface area contributed by atoms with Crippen molar-refractivity contribution in [2.24, 2.45) is 0 Å². The number of benzene rings is 2. The standard InChI is InChI=1S/C21H22N4O4S3/c1-28-16-9-8-15(10-17(16)29-2)22-19(27)13-31-21-25-24-20(32-21)23-18(26)12-30-11-14-6-4-3-5-7-14/h3-10H,11-13H2,1-2H3,(H,22,27)(H,23,24,26). The molecule has 0 saturated heterocycles. The number of ether oxygens (including phenoxy) is 2. The highest BCUT2D eigenvalue weighted by molar-refractivity contribution is 8.01. The van der Waals surface area contributed by atoms with Crippen molar-refractivity contribution in [3.8, 4) is 11.5 Å². The minimum Gasteiger partial charge on any atom is -0.493 e. The van der Waals surface area contributed by atoms with E-state index in [0.29, 0.717) is 32.4 Å². The van der Waals surface area contributed by atoms with E-state index >= 15 is 0 Å². The molecule has 1 aromatic heterocycles. The molecule has 3 aromatic rings. The van der Waals surface area contributed by atoms with Crippen LogP contribution in [0.2, 0.25) is 0 Å². The van der Waals surface area contributed by atoms with Crippen molar-refractivity contribution in [2.45, 2.75) is 10.1 Å². The lowest BCUT2D eigenvalue weighted by Crippen LogP contribution is -2.14. The minimum absolute atomic E-state index is 0.134. The number of carbonyl (C=O) groups is 2. The summed E-state index contributed by atoms with van der Waals surface area (Å²) in [6.07, 6.45) is 0. The van der Waals surface area contributed by atoms with Gasteiger partial charge in [-0.25, -0.2) is 0 Å².